The molecule has 0 radical (unpaired) electrons. The minimum absolute atomic E-state index is 0.125. The lowest BCUT2D eigenvalue weighted by atomic mass is 10.1. The molecule has 0 bridgehead atoms. The lowest BCUT2D eigenvalue weighted by molar-refractivity contribution is -0.386. The molecule has 0 aliphatic heterocycles. The number of azide groups is 1. The largest absolute Gasteiger partial charge is 0.493 e. The number of carbonyl (C=O) groups excluding carboxylic acids is 1. The Bertz CT molecular complexity index is 832. The molecular formula is C21H33N5O9. The van der Waals surface area contributed by atoms with Crippen LogP contribution in [0.5, 0.6) is 11.5 Å². The number of aliphatic hydroxyl groups excluding tert-OH is 1. The molecular weight excluding hydrogens is 466 g/mol. The molecule has 1 aromatic carbocycles. The van der Waals surface area contributed by atoms with Crippen LogP contribution in [0.25, 0.3) is 10.4 Å². The first-order chi connectivity index (χ1) is 16.9. The van der Waals surface area contributed by atoms with Gasteiger partial charge in [0.15, 0.2) is 11.5 Å². The molecule has 1 rings (SSSR count). The van der Waals surface area contributed by atoms with Gasteiger partial charge in [-0.1, -0.05) is 5.11 Å². The van der Waals surface area contributed by atoms with E-state index in [1.54, 1.807) is 0 Å². The van der Waals surface area contributed by atoms with E-state index < -0.39 is 11.0 Å². The van der Waals surface area contributed by atoms with Crippen molar-refractivity contribution in [1.82, 2.24) is 5.32 Å². The number of benzene rings is 1. The molecule has 14 nitrogen and oxygen atoms in total. The van der Waals surface area contributed by atoms with Crippen molar-refractivity contribution >= 4 is 11.6 Å². The first-order valence-corrected chi connectivity index (χ1v) is 11.1. The molecule has 0 fully saturated rings. The normalized spacial score (nSPS) is 11.4. The molecule has 0 aliphatic rings. The second-order valence-electron chi connectivity index (χ2n) is 7.09. The summed E-state index contributed by atoms with van der Waals surface area (Å²) in [5.41, 5.74) is 7.97. The highest BCUT2D eigenvalue weighted by Gasteiger charge is 2.22. The highest BCUT2D eigenvalue weighted by molar-refractivity contribution is 5.75. The maximum Gasteiger partial charge on any atom is 0.279 e. The van der Waals surface area contributed by atoms with Crippen LogP contribution < -0.4 is 14.8 Å². The molecule has 1 amide bonds. The number of nitro benzene ring substituents is 1. The van der Waals surface area contributed by atoms with Gasteiger partial charge in [0.2, 0.25) is 5.91 Å². The summed E-state index contributed by atoms with van der Waals surface area (Å²) in [6.45, 7) is 4.48. The number of amides is 1. The third-order valence-electron chi connectivity index (χ3n) is 4.48. The molecule has 0 spiro atoms. The summed E-state index contributed by atoms with van der Waals surface area (Å²) in [4.78, 5) is 25.2. The van der Waals surface area contributed by atoms with Gasteiger partial charge in [0.25, 0.3) is 5.69 Å². The first kappa shape index (κ1) is 29.9. The Balaban J connectivity index is 2.16. The highest BCUT2D eigenvalue weighted by atomic mass is 16.6. The third kappa shape index (κ3) is 12.8. The van der Waals surface area contributed by atoms with Crippen molar-refractivity contribution in [3.05, 3.63) is 38.3 Å². The predicted molar refractivity (Wildman–Crippen MR) is 124 cm³/mol. The molecule has 0 aliphatic carbocycles. The first-order valence-electron chi connectivity index (χ1n) is 11.1. The van der Waals surface area contributed by atoms with Crippen molar-refractivity contribution in [1.29, 1.82) is 0 Å². The predicted octanol–water partition coefficient (Wildman–Crippen LogP) is 2.29. The van der Waals surface area contributed by atoms with E-state index >= 15 is 0 Å². The molecule has 2 N–H and O–H groups in total. The minimum Gasteiger partial charge on any atom is -0.493 e. The smallest absolute Gasteiger partial charge is 0.279 e. The van der Waals surface area contributed by atoms with Gasteiger partial charge in [-0.15, -0.1) is 0 Å². The summed E-state index contributed by atoms with van der Waals surface area (Å²) in [5.74, 6) is 0.253. The second-order valence-corrected chi connectivity index (χ2v) is 7.09. The number of nitro groups is 1. The van der Waals surface area contributed by atoms with E-state index in [0.717, 1.165) is 0 Å². The summed E-state index contributed by atoms with van der Waals surface area (Å²) >= 11 is 0. The van der Waals surface area contributed by atoms with E-state index in [9.17, 15) is 20.0 Å². The molecule has 0 heterocycles. The van der Waals surface area contributed by atoms with Crippen molar-refractivity contribution < 1.29 is 38.5 Å². The van der Waals surface area contributed by atoms with Crippen LogP contribution in [0.2, 0.25) is 0 Å². The van der Waals surface area contributed by atoms with Crippen LogP contribution >= 0.6 is 0 Å². The van der Waals surface area contributed by atoms with Crippen molar-refractivity contribution in [3.8, 4) is 11.5 Å². The zero-order valence-corrected chi connectivity index (χ0v) is 20.0. The molecule has 196 valence electrons. The number of hydrogen-bond donors (Lipinski definition) is 2. The minimum atomic E-state index is -1.04. The van der Waals surface area contributed by atoms with Gasteiger partial charge in [-0.05, 0) is 24.9 Å². The maximum absolute atomic E-state index is 11.9. The van der Waals surface area contributed by atoms with E-state index in [-0.39, 0.29) is 48.2 Å². The topological polar surface area (TPSA) is 187 Å². The zero-order chi connectivity index (χ0) is 25.9. The van der Waals surface area contributed by atoms with Crippen LogP contribution in [0, 0.1) is 10.1 Å². The van der Waals surface area contributed by atoms with Gasteiger partial charge in [0.05, 0.1) is 76.0 Å². The van der Waals surface area contributed by atoms with Crippen LogP contribution in [0.1, 0.15) is 31.4 Å². The van der Waals surface area contributed by atoms with Gasteiger partial charge in [0, 0.05) is 24.4 Å². The van der Waals surface area contributed by atoms with Gasteiger partial charge in [-0.2, -0.15) is 0 Å². The number of carbonyl (C=O) groups is 1. The number of nitrogens with one attached hydrogen (secondary N) is 1. The Morgan fingerprint density at radius 3 is 2.40 bits per heavy atom. The van der Waals surface area contributed by atoms with Crippen LogP contribution in [0.4, 0.5) is 5.69 Å². The van der Waals surface area contributed by atoms with Crippen molar-refractivity contribution in [2.45, 2.75) is 25.9 Å². The number of rotatable bonds is 20. The number of nitrogens with zero attached hydrogens (tertiary/aromatic N) is 4. The fourth-order valence-electron chi connectivity index (χ4n) is 2.79. The van der Waals surface area contributed by atoms with E-state index in [1.165, 1.54) is 26.2 Å². The van der Waals surface area contributed by atoms with E-state index in [0.29, 0.717) is 52.6 Å². The van der Waals surface area contributed by atoms with Crippen LogP contribution in [0.15, 0.2) is 17.2 Å². The zero-order valence-electron chi connectivity index (χ0n) is 20.0. The summed E-state index contributed by atoms with van der Waals surface area (Å²) in [6, 6.07) is 2.58. The fourth-order valence-corrected chi connectivity index (χ4v) is 2.79. The summed E-state index contributed by atoms with van der Waals surface area (Å²) in [6.07, 6.45) is -0.444. The standard InChI is InChI=1S/C21H33N5O9/c1-16(27)17-14-19(31-2)20(15-18(17)26(29)30)35-7-3-4-21(28)23-5-8-32-10-12-34-13-11-33-9-6-24-25-22/h14-16,27H,3-13H2,1-2H3,(H,23,28). The molecule has 35 heavy (non-hydrogen) atoms. The number of hydrogen-bond acceptors (Lipinski definition) is 10. The maximum atomic E-state index is 11.9. The Kier molecular flexibility index (Phi) is 15.5. The lowest BCUT2D eigenvalue weighted by Gasteiger charge is -2.14. The molecule has 0 saturated heterocycles. The molecule has 1 atom stereocenters. The fraction of sp³-hybridized carbons (Fsp3) is 0.667. The summed E-state index contributed by atoms with van der Waals surface area (Å²) in [7, 11) is 1.40. The van der Waals surface area contributed by atoms with Gasteiger partial charge in [-0.25, -0.2) is 0 Å². The van der Waals surface area contributed by atoms with E-state index in [2.05, 4.69) is 15.3 Å². The molecule has 14 heteroatoms. The average Bonchev–Trinajstić information content (AvgIpc) is 2.84. The summed E-state index contributed by atoms with van der Waals surface area (Å²) < 4.78 is 26.6. The second kappa shape index (κ2) is 18.2. The summed E-state index contributed by atoms with van der Waals surface area (Å²) in [5, 5.41) is 27.1. The number of methoxy groups -OCH3 is 1. The highest BCUT2D eigenvalue weighted by Crippen LogP contribution is 2.37. The SMILES string of the molecule is COc1cc(C(C)O)c([N+](=O)[O-])cc1OCCCC(=O)NCCOCCOCCOCCN=[N+]=[N-]. The van der Waals surface area contributed by atoms with Gasteiger partial charge in [0.1, 0.15) is 0 Å². The van der Waals surface area contributed by atoms with E-state index in [4.69, 9.17) is 29.2 Å². The lowest BCUT2D eigenvalue weighted by Crippen LogP contribution is -2.27. The Hall–Kier alpha value is -3.16. The molecule has 1 unspecified atom stereocenters. The van der Waals surface area contributed by atoms with Gasteiger partial charge >= 0.3 is 0 Å². The van der Waals surface area contributed by atoms with Crippen LogP contribution in [-0.4, -0.2) is 82.4 Å². The van der Waals surface area contributed by atoms with Gasteiger partial charge < -0.3 is 34.1 Å². The average molecular weight is 500 g/mol. The van der Waals surface area contributed by atoms with E-state index in [1.807, 2.05) is 0 Å². The van der Waals surface area contributed by atoms with Crippen LogP contribution in [0.3, 0.4) is 0 Å². The molecule has 0 saturated carbocycles. The number of aliphatic hydroxyl groups is 1. The Morgan fingerprint density at radius 1 is 1.14 bits per heavy atom. The monoisotopic (exact) mass is 499 g/mol. The van der Waals surface area contributed by atoms with Crippen molar-refractivity contribution in [2.75, 3.05) is 66.4 Å². The van der Waals surface area contributed by atoms with Gasteiger partial charge in [-0.3, -0.25) is 14.9 Å². The number of ether oxygens (including phenoxy) is 5. The third-order valence-corrected chi connectivity index (χ3v) is 4.48. The van der Waals surface area contributed by atoms with Crippen molar-refractivity contribution in [2.24, 2.45) is 5.11 Å². The quantitative estimate of drug-likeness (QED) is 0.0677. The Labute approximate surface area is 203 Å². The Morgan fingerprint density at radius 2 is 1.80 bits per heavy atom. The van der Waals surface area contributed by atoms with Crippen LogP contribution in [-0.2, 0) is 19.0 Å². The molecule has 1 aromatic rings. The van der Waals surface area contributed by atoms with Crippen molar-refractivity contribution in [3.63, 3.8) is 0 Å². The molecule has 0 aromatic heterocycles.